The first-order chi connectivity index (χ1) is 12.4. The number of hydrogen-bond donors (Lipinski definition) is 6. The Morgan fingerprint density at radius 3 is 0.889 bits per heavy atom. The van der Waals surface area contributed by atoms with Crippen molar-refractivity contribution < 1.29 is 47.7 Å². The molecule has 0 rings (SSSR count). The van der Waals surface area contributed by atoms with Crippen molar-refractivity contribution in [2.75, 3.05) is 0 Å². The molecule has 0 amide bonds. The molecule has 0 aliphatic heterocycles. The van der Waals surface area contributed by atoms with E-state index in [1.807, 2.05) is 0 Å². The van der Waals surface area contributed by atoms with Crippen LogP contribution in [-0.4, -0.2) is 29.4 Å². The molecule has 6 nitrogen and oxygen atoms in total. The van der Waals surface area contributed by atoms with Gasteiger partial charge in [-0.3, -0.25) is 0 Å². The van der Waals surface area contributed by atoms with Gasteiger partial charge in [-0.25, -0.2) is 0 Å². The van der Waals surface area contributed by atoms with E-state index in [2.05, 4.69) is 30.5 Å². The predicted octanol–water partition coefficient (Wildman–Crippen LogP) is 4.81. The maximum Gasteiger partial charge on any atom is 0.319 e. The number of rotatable bonds is 14. The van der Waals surface area contributed by atoms with E-state index >= 15 is 0 Å². The standard InChI is InChI=1S/C16H33.2H3O3PS.Zn/c1-3-5-7-9-11-13-15-16-14-12-10-8-6-4-2;2*1-4(2,3)5;/h1,3-16H2,2H3;2*(H3,1,2,3,5);. The van der Waals surface area contributed by atoms with Gasteiger partial charge in [-0.05, 0) is 23.6 Å². The van der Waals surface area contributed by atoms with Crippen LogP contribution in [0.15, 0.2) is 0 Å². The molecule has 0 unspecified atom stereocenters. The van der Waals surface area contributed by atoms with Gasteiger partial charge in [0.05, 0.1) is 0 Å². The fraction of sp³-hybridized carbons (Fsp3) is 1.00. The Hall–Kier alpha value is 1.68. The number of hydrogen-bond acceptors (Lipinski definition) is 2. The summed E-state index contributed by atoms with van der Waals surface area (Å²) in [7, 11) is 0. The molecule has 0 saturated heterocycles. The normalized spacial score (nSPS) is 11.3. The maximum absolute atomic E-state index is 7.56. The minimum Gasteiger partial charge on any atom is -0.325 e. The monoisotopic (exact) mass is 517 g/mol. The summed E-state index contributed by atoms with van der Waals surface area (Å²) in [5.74, 6) is 0. The largest absolute Gasteiger partial charge is 0.325 e. The average molecular weight is 519 g/mol. The summed E-state index contributed by atoms with van der Waals surface area (Å²) < 4.78 is 0. The van der Waals surface area contributed by atoms with Crippen LogP contribution in [0.25, 0.3) is 0 Å². The molecule has 0 bridgehead atoms. The van der Waals surface area contributed by atoms with Crippen LogP contribution >= 0.6 is 13.4 Å². The quantitative estimate of drug-likeness (QED) is 0.110. The molecule has 27 heavy (non-hydrogen) atoms. The van der Waals surface area contributed by atoms with Gasteiger partial charge in [-0.2, -0.15) is 0 Å². The second kappa shape index (κ2) is 24.0. The van der Waals surface area contributed by atoms with Crippen molar-refractivity contribution in [3.63, 3.8) is 0 Å². The summed E-state index contributed by atoms with van der Waals surface area (Å²) >= 11 is 8.71. The third-order valence-electron chi connectivity index (χ3n) is 3.60. The first-order valence-electron chi connectivity index (χ1n) is 9.77. The van der Waals surface area contributed by atoms with Crippen molar-refractivity contribution in [3.05, 3.63) is 0 Å². The van der Waals surface area contributed by atoms with Gasteiger partial charge in [0, 0.05) is 0 Å². The van der Waals surface area contributed by atoms with E-state index in [9.17, 15) is 0 Å². The molecule has 0 aliphatic carbocycles. The van der Waals surface area contributed by atoms with Gasteiger partial charge >= 0.3 is 107 Å². The van der Waals surface area contributed by atoms with Gasteiger partial charge in [0.2, 0.25) is 0 Å². The third kappa shape index (κ3) is 74.2. The molecule has 0 saturated carbocycles. The van der Waals surface area contributed by atoms with Crippen molar-refractivity contribution in [1.82, 2.24) is 0 Å². The molecular formula is C16H39O6P2S2Zn. The van der Waals surface area contributed by atoms with E-state index in [0.29, 0.717) is 0 Å². The van der Waals surface area contributed by atoms with Crippen LogP contribution in [-0.2, 0) is 41.9 Å². The van der Waals surface area contributed by atoms with Gasteiger partial charge in [-0.15, -0.1) is 0 Å². The molecular weight excluding hydrogens is 480 g/mol. The van der Waals surface area contributed by atoms with Crippen LogP contribution in [0.5, 0.6) is 0 Å². The molecule has 0 aromatic heterocycles. The fourth-order valence-corrected chi connectivity index (χ4v) is 3.11. The zero-order valence-corrected chi connectivity index (χ0v) is 23.1. The molecule has 0 atom stereocenters. The van der Waals surface area contributed by atoms with Crippen LogP contribution in [0, 0.1) is 0 Å². The van der Waals surface area contributed by atoms with Gasteiger partial charge in [-0.1, -0.05) is 26.2 Å². The Kier molecular flexibility index (Phi) is 29.6. The summed E-state index contributed by atoms with van der Waals surface area (Å²) in [6.07, 6.45) is 20.7. The topological polar surface area (TPSA) is 121 Å². The minimum absolute atomic E-state index is 1.38. The molecule has 0 aliphatic rings. The maximum atomic E-state index is 7.56. The van der Waals surface area contributed by atoms with Crippen molar-refractivity contribution in [3.8, 4) is 0 Å². The van der Waals surface area contributed by atoms with E-state index in [0.717, 1.165) is 0 Å². The zero-order chi connectivity index (χ0) is 21.6. The Bertz CT molecular complexity index is 329. The third-order valence-corrected chi connectivity index (χ3v) is 4.65. The molecule has 11 heteroatoms. The van der Waals surface area contributed by atoms with Crippen LogP contribution < -0.4 is 0 Å². The summed E-state index contributed by atoms with van der Waals surface area (Å²) in [4.78, 5) is 45.3. The molecule has 0 radical (unpaired) electrons. The van der Waals surface area contributed by atoms with E-state index in [-0.39, 0.29) is 0 Å². The molecule has 0 spiro atoms. The van der Waals surface area contributed by atoms with E-state index in [1.54, 1.807) is 0 Å². The van der Waals surface area contributed by atoms with Gasteiger partial charge in [0.25, 0.3) is 0 Å². The molecule has 0 heterocycles. The summed E-state index contributed by atoms with van der Waals surface area (Å²) in [5, 5.41) is 1.50. The molecule has 0 aromatic rings. The second-order valence-corrected chi connectivity index (χ2v) is 13.0. The van der Waals surface area contributed by atoms with Crippen LogP contribution in [0.3, 0.4) is 0 Å². The molecule has 0 aromatic carbocycles. The van der Waals surface area contributed by atoms with Gasteiger partial charge < -0.3 is 29.4 Å². The fourth-order valence-electron chi connectivity index (χ4n) is 2.37. The van der Waals surface area contributed by atoms with Crippen molar-refractivity contribution >= 4 is 37.1 Å². The second-order valence-electron chi connectivity index (χ2n) is 6.48. The molecule has 0 fully saturated rings. The van der Waals surface area contributed by atoms with Crippen LogP contribution in [0.4, 0.5) is 0 Å². The van der Waals surface area contributed by atoms with Gasteiger partial charge in [0.15, 0.2) is 0 Å². The van der Waals surface area contributed by atoms with Crippen molar-refractivity contribution in [2.45, 2.75) is 102 Å². The van der Waals surface area contributed by atoms with Crippen molar-refractivity contribution in [2.24, 2.45) is 0 Å². The predicted molar refractivity (Wildman–Crippen MR) is 117 cm³/mol. The Balaban J connectivity index is -0.000000471. The average Bonchev–Trinajstić information content (AvgIpc) is 2.49. The van der Waals surface area contributed by atoms with Gasteiger partial charge in [0.1, 0.15) is 0 Å². The van der Waals surface area contributed by atoms with E-state index in [4.69, 9.17) is 29.4 Å². The SMILES string of the molecule is CCCCCCCCCCCCCCC[CH2][Zn].OP(O)(O)=S.OP(O)(O)=S. The first kappa shape index (κ1) is 33.3. The van der Waals surface area contributed by atoms with Crippen LogP contribution in [0.1, 0.15) is 96.8 Å². The Morgan fingerprint density at radius 1 is 0.519 bits per heavy atom. The Morgan fingerprint density at radius 2 is 0.704 bits per heavy atom. The van der Waals surface area contributed by atoms with Crippen LogP contribution in [0.2, 0.25) is 5.02 Å². The van der Waals surface area contributed by atoms with Crippen molar-refractivity contribution in [1.29, 1.82) is 0 Å². The molecule has 6 N–H and O–H groups in total. The smallest absolute Gasteiger partial charge is 0.319 e. The summed E-state index contributed by atoms with van der Waals surface area (Å²) in [5.41, 5.74) is 0. The molecule has 163 valence electrons. The Labute approximate surface area is 186 Å². The van der Waals surface area contributed by atoms with E-state index < -0.39 is 13.4 Å². The first-order valence-corrected chi connectivity index (χ1v) is 17.2. The minimum atomic E-state index is -3.81. The summed E-state index contributed by atoms with van der Waals surface area (Å²) in [6.45, 7) is -5.32. The zero-order valence-electron chi connectivity index (χ0n) is 16.7. The van der Waals surface area contributed by atoms with E-state index in [1.165, 1.54) is 113 Å². The summed E-state index contributed by atoms with van der Waals surface area (Å²) in [6, 6.07) is 0. The number of unbranched alkanes of at least 4 members (excludes halogenated alkanes) is 13.